The van der Waals surface area contributed by atoms with E-state index < -0.39 is 0 Å². The van der Waals surface area contributed by atoms with E-state index in [2.05, 4.69) is 10.9 Å². The molecule has 0 saturated carbocycles. The van der Waals surface area contributed by atoms with Crippen molar-refractivity contribution in [3.05, 3.63) is 58.4 Å². The number of ether oxygens (including phenoxy) is 1. The van der Waals surface area contributed by atoms with Gasteiger partial charge in [0.2, 0.25) is 0 Å². The maximum Gasteiger partial charge on any atom is 0.281 e. The molecule has 0 aliphatic rings. The van der Waals surface area contributed by atoms with Gasteiger partial charge < -0.3 is 4.74 Å². The predicted molar refractivity (Wildman–Crippen MR) is 90.9 cm³/mol. The van der Waals surface area contributed by atoms with Gasteiger partial charge in [-0.3, -0.25) is 15.6 Å². The molecule has 2 N–H and O–H groups in total. The van der Waals surface area contributed by atoms with Crippen molar-refractivity contribution in [3.8, 4) is 5.75 Å². The van der Waals surface area contributed by atoms with Gasteiger partial charge in [-0.2, -0.15) is 0 Å². The van der Waals surface area contributed by atoms with Gasteiger partial charge in [0, 0.05) is 10.1 Å². The summed E-state index contributed by atoms with van der Waals surface area (Å²) in [6.45, 7) is 0. The van der Waals surface area contributed by atoms with Crippen LogP contribution in [0.5, 0.6) is 5.75 Å². The molecule has 6 heteroatoms. The molecule has 0 aliphatic heterocycles. The first kappa shape index (κ1) is 14.7. The lowest BCUT2D eigenvalue weighted by atomic mass is 10.2. The molecule has 0 atom stereocenters. The fraction of sp³-hybridized carbons (Fsp3) is 0.0625. The number of methoxy groups -OCH3 is 1. The number of rotatable bonds is 4. The zero-order chi connectivity index (χ0) is 15.5. The van der Waals surface area contributed by atoms with Gasteiger partial charge in [0.25, 0.3) is 5.91 Å². The molecule has 4 nitrogen and oxygen atoms in total. The third kappa shape index (κ3) is 2.86. The van der Waals surface area contributed by atoms with E-state index in [4.69, 9.17) is 16.3 Å². The molecule has 0 radical (unpaired) electrons. The zero-order valence-electron chi connectivity index (χ0n) is 11.7. The summed E-state index contributed by atoms with van der Waals surface area (Å²) in [6.07, 6.45) is 0. The van der Waals surface area contributed by atoms with Crippen molar-refractivity contribution in [2.45, 2.75) is 0 Å². The van der Waals surface area contributed by atoms with E-state index in [0.717, 1.165) is 21.5 Å². The number of hydrogen-bond donors (Lipinski definition) is 2. The molecular formula is C16H13ClN2O2S. The Balaban J connectivity index is 1.74. The minimum absolute atomic E-state index is 0.262. The number of fused-ring (bicyclic) bond motifs is 1. The van der Waals surface area contributed by atoms with Crippen molar-refractivity contribution in [2.24, 2.45) is 0 Å². The third-order valence-electron chi connectivity index (χ3n) is 3.15. The second-order valence-electron chi connectivity index (χ2n) is 4.55. The molecule has 3 aromatic rings. The summed E-state index contributed by atoms with van der Waals surface area (Å²) in [5.41, 5.74) is 6.27. The standard InChI is InChI=1S/C16H13ClN2O2S/c1-21-11-8-6-10(7-9-11)18-19-16(20)15-14(17)12-4-2-3-5-13(12)22-15/h2-9,18H,1H3,(H,19,20). The number of hydrogen-bond acceptors (Lipinski definition) is 4. The number of anilines is 1. The smallest absolute Gasteiger partial charge is 0.281 e. The molecule has 0 bridgehead atoms. The molecule has 0 aliphatic carbocycles. The quantitative estimate of drug-likeness (QED) is 0.699. The van der Waals surface area contributed by atoms with Crippen LogP contribution in [-0.4, -0.2) is 13.0 Å². The van der Waals surface area contributed by atoms with Gasteiger partial charge in [-0.05, 0) is 30.3 Å². The lowest BCUT2D eigenvalue weighted by Crippen LogP contribution is -2.28. The van der Waals surface area contributed by atoms with Gasteiger partial charge in [-0.25, -0.2) is 0 Å². The molecular weight excluding hydrogens is 320 g/mol. The Bertz CT molecular complexity index is 815. The van der Waals surface area contributed by atoms with E-state index >= 15 is 0 Å². The number of thiophene rings is 1. The predicted octanol–water partition coefficient (Wildman–Crippen LogP) is 4.32. The first-order chi connectivity index (χ1) is 10.7. The summed E-state index contributed by atoms with van der Waals surface area (Å²) in [4.78, 5) is 12.7. The SMILES string of the molecule is COc1ccc(NNC(=O)c2sc3ccccc3c2Cl)cc1. The summed E-state index contributed by atoms with van der Waals surface area (Å²) in [5.74, 6) is 0.492. The Morgan fingerprint density at radius 3 is 2.55 bits per heavy atom. The van der Waals surface area contributed by atoms with Crippen LogP contribution in [0.4, 0.5) is 5.69 Å². The van der Waals surface area contributed by atoms with Crippen LogP contribution in [0.3, 0.4) is 0 Å². The maximum absolute atomic E-state index is 12.3. The van der Waals surface area contributed by atoms with Crippen molar-refractivity contribution in [1.29, 1.82) is 0 Å². The van der Waals surface area contributed by atoms with Gasteiger partial charge >= 0.3 is 0 Å². The minimum atomic E-state index is -0.262. The van der Waals surface area contributed by atoms with E-state index in [0.29, 0.717) is 9.90 Å². The highest BCUT2D eigenvalue weighted by molar-refractivity contribution is 7.21. The fourth-order valence-electron chi connectivity index (χ4n) is 2.02. The Labute approximate surface area is 136 Å². The van der Waals surface area contributed by atoms with E-state index in [1.54, 1.807) is 19.2 Å². The van der Waals surface area contributed by atoms with E-state index in [1.165, 1.54) is 11.3 Å². The first-order valence-electron chi connectivity index (χ1n) is 6.56. The van der Waals surface area contributed by atoms with Gasteiger partial charge in [0.05, 0.1) is 17.8 Å². The zero-order valence-corrected chi connectivity index (χ0v) is 13.3. The van der Waals surface area contributed by atoms with Crippen LogP contribution in [0, 0.1) is 0 Å². The molecule has 22 heavy (non-hydrogen) atoms. The van der Waals surface area contributed by atoms with Crippen LogP contribution in [0.2, 0.25) is 5.02 Å². The van der Waals surface area contributed by atoms with E-state index in [1.807, 2.05) is 36.4 Å². The Morgan fingerprint density at radius 2 is 1.86 bits per heavy atom. The van der Waals surface area contributed by atoms with Gasteiger partial charge in [0.15, 0.2) is 0 Å². The molecule has 0 spiro atoms. The lowest BCUT2D eigenvalue weighted by molar-refractivity contribution is 0.0967. The lowest BCUT2D eigenvalue weighted by Gasteiger charge is -2.08. The fourth-order valence-corrected chi connectivity index (χ4v) is 3.43. The normalized spacial score (nSPS) is 10.5. The molecule has 2 aromatic carbocycles. The summed E-state index contributed by atoms with van der Waals surface area (Å²) in [5, 5.41) is 1.37. The highest BCUT2D eigenvalue weighted by Gasteiger charge is 2.16. The average molecular weight is 333 g/mol. The van der Waals surface area contributed by atoms with Gasteiger partial charge in [-0.1, -0.05) is 29.8 Å². The third-order valence-corrected chi connectivity index (χ3v) is 4.83. The van der Waals surface area contributed by atoms with Crippen molar-refractivity contribution >= 4 is 44.6 Å². The van der Waals surface area contributed by atoms with Crippen LogP contribution in [0.25, 0.3) is 10.1 Å². The van der Waals surface area contributed by atoms with Crippen LogP contribution in [0.1, 0.15) is 9.67 Å². The molecule has 1 aromatic heterocycles. The Hall–Kier alpha value is -2.24. The molecule has 112 valence electrons. The van der Waals surface area contributed by atoms with Crippen LogP contribution in [-0.2, 0) is 0 Å². The average Bonchev–Trinajstić information content (AvgIpc) is 2.90. The monoisotopic (exact) mass is 332 g/mol. The second kappa shape index (κ2) is 6.25. The molecule has 0 unspecified atom stereocenters. The largest absolute Gasteiger partial charge is 0.497 e. The Morgan fingerprint density at radius 1 is 1.14 bits per heavy atom. The number of hydrazine groups is 1. The summed E-state index contributed by atoms with van der Waals surface area (Å²) < 4.78 is 6.07. The van der Waals surface area contributed by atoms with E-state index in [-0.39, 0.29) is 5.91 Å². The van der Waals surface area contributed by atoms with Gasteiger partial charge in [0.1, 0.15) is 10.6 Å². The number of carbonyl (C=O) groups excluding carboxylic acids is 1. The van der Waals surface area contributed by atoms with Crippen molar-refractivity contribution in [3.63, 3.8) is 0 Å². The number of benzene rings is 2. The number of carbonyl (C=O) groups is 1. The number of halogens is 1. The molecule has 0 saturated heterocycles. The van der Waals surface area contributed by atoms with Crippen molar-refractivity contribution in [2.75, 3.05) is 12.5 Å². The summed E-state index contributed by atoms with van der Waals surface area (Å²) in [6, 6.07) is 14.9. The number of amides is 1. The van der Waals surface area contributed by atoms with Crippen LogP contribution >= 0.6 is 22.9 Å². The highest BCUT2D eigenvalue weighted by Crippen LogP contribution is 2.34. The van der Waals surface area contributed by atoms with E-state index in [9.17, 15) is 4.79 Å². The molecule has 1 amide bonds. The van der Waals surface area contributed by atoms with Crippen LogP contribution < -0.4 is 15.6 Å². The summed E-state index contributed by atoms with van der Waals surface area (Å²) >= 11 is 7.65. The number of nitrogens with one attached hydrogen (secondary N) is 2. The summed E-state index contributed by atoms with van der Waals surface area (Å²) in [7, 11) is 1.60. The van der Waals surface area contributed by atoms with Crippen molar-refractivity contribution < 1.29 is 9.53 Å². The highest BCUT2D eigenvalue weighted by atomic mass is 35.5. The maximum atomic E-state index is 12.3. The minimum Gasteiger partial charge on any atom is -0.497 e. The first-order valence-corrected chi connectivity index (χ1v) is 7.76. The molecule has 0 fully saturated rings. The topological polar surface area (TPSA) is 50.4 Å². The second-order valence-corrected chi connectivity index (χ2v) is 5.98. The Kier molecular flexibility index (Phi) is 4.18. The van der Waals surface area contributed by atoms with Gasteiger partial charge in [-0.15, -0.1) is 11.3 Å². The van der Waals surface area contributed by atoms with Crippen molar-refractivity contribution in [1.82, 2.24) is 5.43 Å². The van der Waals surface area contributed by atoms with Crippen LogP contribution in [0.15, 0.2) is 48.5 Å². The molecule has 3 rings (SSSR count). The molecule has 1 heterocycles.